The van der Waals surface area contributed by atoms with E-state index >= 15 is 0 Å². The smallest absolute Gasteiger partial charge is 0.269 e. The highest BCUT2D eigenvalue weighted by molar-refractivity contribution is 5.65. The van der Waals surface area contributed by atoms with Gasteiger partial charge in [0.2, 0.25) is 0 Å². The van der Waals surface area contributed by atoms with Crippen molar-refractivity contribution in [2.75, 3.05) is 0 Å². The number of nitriles is 1. The number of nitrogens with zero attached hydrogens (tertiary/aromatic N) is 2. The molecule has 0 aromatic heterocycles. The van der Waals surface area contributed by atoms with Crippen LogP contribution in [0.2, 0.25) is 0 Å². The predicted molar refractivity (Wildman–Crippen MR) is 91.6 cm³/mol. The molecule has 0 amide bonds. The second-order valence-corrected chi connectivity index (χ2v) is 5.49. The Morgan fingerprint density at radius 1 is 1.16 bits per heavy atom. The molecular weight excluding hydrogens is 327 g/mol. The van der Waals surface area contributed by atoms with Gasteiger partial charge >= 0.3 is 6.18 Å². The fourth-order valence-electron chi connectivity index (χ4n) is 2.43. The van der Waals surface area contributed by atoms with Gasteiger partial charge in [-0.2, -0.15) is 23.5 Å². The van der Waals surface area contributed by atoms with Gasteiger partial charge in [-0.15, -0.1) is 0 Å². The maximum Gasteiger partial charge on any atom is 0.416 e. The van der Waals surface area contributed by atoms with Crippen LogP contribution < -0.4 is 5.43 Å². The zero-order valence-electron chi connectivity index (χ0n) is 13.6. The van der Waals surface area contributed by atoms with Crippen molar-refractivity contribution in [3.05, 3.63) is 70.9 Å². The van der Waals surface area contributed by atoms with Crippen molar-refractivity contribution in [3.8, 4) is 17.2 Å². The van der Waals surface area contributed by atoms with Crippen LogP contribution in [-0.4, -0.2) is 6.72 Å². The second kappa shape index (κ2) is 7.67. The van der Waals surface area contributed by atoms with Gasteiger partial charge in [0.1, 0.15) is 11.8 Å². The molecule has 2 rings (SSSR count). The lowest BCUT2D eigenvalue weighted by molar-refractivity contribution is -0.137. The summed E-state index contributed by atoms with van der Waals surface area (Å²) in [4.78, 5) is 0. The number of allylic oxidation sites excluding steroid dienone is 2. The number of rotatable bonds is 5. The largest absolute Gasteiger partial charge is 0.416 e. The lowest BCUT2D eigenvalue weighted by Crippen LogP contribution is -2.06. The summed E-state index contributed by atoms with van der Waals surface area (Å²) < 4.78 is 38.6. The number of nitrogens with one attached hydrogen (secondary N) is 1. The monoisotopic (exact) mass is 343 g/mol. The Balaban J connectivity index is 2.34. The minimum atomic E-state index is -4.38. The van der Waals surface area contributed by atoms with Crippen LogP contribution in [0.4, 0.5) is 13.2 Å². The summed E-state index contributed by atoms with van der Waals surface area (Å²) >= 11 is 0. The highest BCUT2D eigenvalue weighted by Crippen LogP contribution is 2.32. The van der Waals surface area contributed by atoms with Crippen LogP contribution in [0.1, 0.15) is 18.1 Å². The third-order valence-corrected chi connectivity index (χ3v) is 3.65. The van der Waals surface area contributed by atoms with Gasteiger partial charge in [0.05, 0.1) is 5.56 Å². The van der Waals surface area contributed by atoms with Crippen LogP contribution in [-0.2, 0) is 12.6 Å². The Morgan fingerprint density at radius 2 is 1.80 bits per heavy atom. The van der Waals surface area contributed by atoms with E-state index in [0.717, 1.165) is 23.3 Å². The van der Waals surface area contributed by atoms with Crippen LogP contribution in [0.3, 0.4) is 0 Å². The summed E-state index contributed by atoms with van der Waals surface area (Å²) in [6.07, 6.45) is -3.91. The van der Waals surface area contributed by atoms with Crippen LogP contribution in [0.5, 0.6) is 0 Å². The number of hydrogen-bond acceptors (Lipinski definition) is 3. The molecule has 0 bridgehead atoms. The number of hydrazone groups is 1. The topological polar surface area (TPSA) is 48.2 Å². The van der Waals surface area contributed by atoms with Crippen molar-refractivity contribution in [2.45, 2.75) is 19.5 Å². The molecule has 0 aliphatic carbocycles. The average Bonchev–Trinajstić information content (AvgIpc) is 2.59. The van der Waals surface area contributed by atoms with E-state index in [1.54, 1.807) is 25.1 Å². The molecule has 0 fully saturated rings. The number of benzene rings is 2. The van der Waals surface area contributed by atoms with E-state index in [2.05, 4.69) is 17.2 Å². The predicted octanol–water partition coefficient (Wildman–Crippen LogP) is 4.92. The van der Waals surface area contributed by atoms with Crippen molar-refractivity contribution in [3.63, 3.8) is 0 Å². The molecule has 2 aromatic carbocycles. The lowest BCUT2D eigenvalue weighted by atomic mass is 9.98. The third kappa shape index (κ3) is 4.70. The Kier molecular flexibility index (Phi) is 5.60. The van der Waals surface area contributed by atoms with E-state index < -0.39 is 11.7 Å². The van der Waals surface area contributed by atoms with E-state index in [4.69, 9.17) is 5.26 Å². The fourth-order valence-corrected chi connectivity index (χ4v) is 2.43. The van der Waals surface area contributed by atoms with E-state index in [1.807, 2.05) is 18.2 Å². The van der Waals surface area contributed by atoms with E-state index in [0.29, 0.717) is 23.2 Å². The molecule has 1 N–H and O–H groups in total. The Labute approximate surface area is 144 Å². The number of hydrogen-bond donors (Lipinski definition) is 1. The zero-order valence-corrected chi connectivity index (χ0v) is 13.6. The molecule has 0 saturated heterocycles. The van der Waals surface area contributed by atoms with Gasteiger partial charge in [0, 0.05) is 6.72 Å². The Bertz CT molecular complexity index is 845. The molecule has 3 nitrogen and oxygen atoms in total. The molecule has 0 spiro atoms. The van der Waals surface area contributed by atoms with Gasteiger partial charge in [0.25, 0.3) is 0 Å². The van der Waals surface area contributed by atoms with Crippen LogP contribution >= 0.6 is 0 Å². The van der Waals surface area contributed by atoms with Crippen molar-refractivity contribution in [1.29, 1.82) is 5.26 Å². The highest BCUT2D eigenvalue weighted by atomic mass is 19.4. The SMILES string of the molecule is C=NN/C(C#N)=C(\C)Cc1cccc(-c2cccc(C(F)(F)F)c2)c1. The summed E-state index contributed by atoms with van der Waals surface area (Å²) in [7, 11) is 0. The molecule has 0 radical (unpaired) electrons. The van der Waals surface area contributed by atoms with Gasteiger partial charge in [0.15, 0.2) is 0 Å². The molecule has 2 aromatic rings. The summed E-state index contributed by atoms with van der Waals surface area (Å²) in [6.45, 7) is 5.07. The summed E-state index contributed by atoms with van der Waals surface area (Å²) in [5, 5.41) is 12.6. The maximum absolute atomic E-state index is 12.9. The first kappa shape index (κ1) is 18.3. The molecule has 0 aliphatic heterocycles. The van der Waals surface area contributed by atoms with Crippen molar-refractivity contribution in [2.24, 2.45) is 5.10 Å². The van der Waals surface area contributed by atoms with Crippen molar-refractivity contribution >= 4 is 6.72 Å². The molecule has 0 heterocycles. The normalized spacial score (nSPS) is 12.1. The zero-order chi connectivity index (χ0) is 18.4. The van der Waals surface area contributed by atoms with Gasteiger partial charge in [-0.25, -0.2) is 0 Å². The quantitative estimate of drug-likeness (QED) is 0.476. The van der Waals surface area contributed by atoms with Gasteiger partial charge in [-0.05, 0) is 47.7 Å². The first-order chi connectivity index (χ1) is 11.8. The van der Waals surface area contributed by atoms with Crippen molar-refractivity contribution in [1.82, 2.24) is 5.43 Å². The molecular formula is C19H16F3N3. The minimum absolute atomic E-state index is 0.305. The van der Waals surface area contributed by atoms with Crippen LogP contribution in [0.25, 0.3) is 11.1 Å². The van der Waals surface area contributed by atoms with Crippen LogP contribution in [0.15, 0.2) is 64.9 Å². The third-order valence-electron chi connectivity index (χ3n) is 3.65. The molecule has 0 unspecified atom stereocenters. The van der Waals surface area contributed by atoms with Gasteiger partial charge in [-0.1, -0.05) is 36.4 Å². The lowest BCUT2D eigenvalue weighted by Gasteiger charge is -2.10. The van der Waals surface area contributed by atoms with E-state index in [-0.39, 0.29) is 0 Å². The van der Waals surface area contributed by atoms with E-state index in [1.165, 1.54) is 6.07 Å². The van der Waals surface area contributed by atoms with Gasteiger partial charge < -0.3 is 0 Å². The molecule has 6 heteroatoms. The number of alkyl halides is 3. The maximum atomic E-state index is 12.9. The summed E-state index contributed by atoms with van der Waals surface area (Å²) in [5.74, 6) is 0. The Hall–Kier alpha value is -3.07. The van der Waals surface area contributed by atoms with Crippen LogP contribution in [0, 0.1) is 11.3 Å². The summed E-state index contributed by atoms with van der Waals surface area (Å²) in [5.41, 5.74) is 4.97. The fraction of sp³-hybridized carbons (Fsp3) is 0.158. The second-order valence-electron chi connectivity index (χ2n) is 5.49. The molecule has 128 valence electrons. The first-order valence-corrected chi connectivity index (χ1v) is 7.43. The molecule has 0 atom stereocenters. The minimum Gasteiger partial charge on any atom is -0.269 e. The highest BCUT2D eigenvalue weighted by Gasteiger charge is 2.30. The Morgan fingerprint density at radius 3 is 2.40 bits per heavy atom. The molecule has 0 saturated carbocycles. The van der Waals surface area contributed by atoms with E-state index in [9.17, 15) is 13.2 Å². The number of halogens is 3. The standard InChI is InChI=1S/C19H16F3N3/c1-13(18(12-23)25-24-2)9-14-5-3-6-15(10-14)16-7-4-8-17(11-16)19(20,21)22/h3-8,10-11,25H,2,9H2,1H3/b18-13+. The van der Waals surface area contributed by atoms with Crippen molar-refractivity contribution < 1.29 is 13.2 Å². The molecule has 25 heavy (non-hydrogen) atoms. The first-order valence-electron chi connectivity index (χ1n) is 7.43. The average molecular weight is 343 g/mol. The van der Waals surface area contributed by atoms with Gasteiger partial charge in [-0.3, -0.25) is 5.43 Å². The summed E-state index contributed by atoms with van der Waals surface area (Å²) in [6, 6.07) is 14.4. The molecule has 0 aliphatic rings.